The molecule has 39 heavy (non-hydrogen) atoms. The van der Waals surface area contributed by atoms with E-state index in [4.69, 9.17) is 16.3 Å². The summed E-state index contributed by atoms with van der Waals surface area (Å²) in [5.74, 6) is -3.38. The fourth-order valence-corrected chi connectivity index (χ4v) is 5.11. The Balaban J connectivity index is 1.51. The molecule has 8 N–H and O–H groups in total. The first-order chi connectivity index (χ1) is 18.4. The van der Waals surface area contributed by atoms with Gasteiger partial charge in [-0.2, -0.15) is 8.42 Å². The molecule has 0 spiro atoms. The minimum atomic E-state index is -4.97. The molecule has 3 heterocycles. The van der Waals surface area contributed by atoms with E-state index < -0.39 is 51.5 Å². The number of nitrogens with one attached hydrogen (secondary N) is 2. The number of carboxylic acids is 1. The molecule has 212 valence electrons. The van der Waals surface area contributed by atoms with E-state index >= 15 is 0 Å². The molecule has 2 amide bonds. The van der Waals surface area contributed by atoms with Crippen LogP contribution in [0, 0.1) is 0 Å². The van der Waals surface area contributed by atoms with Gasteiger partial charge >= 0.3 is 16.3 Å². The fourth-order valence-electron chi connectivity index (χ4n) is 3.69. The normalized spacial score (nSPS) is 20.4. The van der Waals surface area contributed by atoms with Gasteiger partial charge in [0, 0.05) is 31.0 Å². The van der Waals surface area contributed by atoms with Crippen LogP contribution in [0.5, 0.6) is 0 Å². The number of nitrogens with zero attached hydrogens (tertiary/aromatic N) is 6. The summed E-state index contributed by atoms with van der Waals surface area (Å²) in [6.45, 7) is 1.28. The highest BCUT2D eigenvalue weighted by Gasteiger charge is 2.56. The smallest absolute Gasteiger partial charge is 0.362 e. The van der Waals surface area contributed by atoms with Gasteiger partial charge in [0.1, 0.15) is 11.7 Å². The van der Waals surface area contributed by atoms with Gasteiger partial charge in [-0.25, -0.2) is 14.1 Å². The predicted octanol–water partition coefficient (Wildman–Crippen LogP) is -2.71. The molecule has 2 aromatic heterocycles. The molecule has 18 nitrogen and oxygen atoms in total. The van der Waals surface area contributed by atoms with Crippen LogP contribution in [0.4, 0.5) is 5.13 Å². The molecular formula is C19H26N10O8S2. The number of carbonyl (C=O) groups excluding carboxylic acids is 2. The number of β-lactam (4-membered cyclic amide) rings is 1. The molecule has 0 radical (unpaired) electrons. The summed E-state index contributed by atoms with van der Waals surface area (Å²) in [6.07, 6.45) is 2.62. The van der Waals surface area contributed by atoms with Crippen LogP contribution in [-0.2, 0) is 42.6 Å². The Morgan fingerprint density at radius 3 is 2.69 bits per heavy atom. The highest BCUT2D eigenvalue weighted by Crippen LogP contribution is 2.40. The number of amides is 2. The van der Waals surface area contributed by atoms with Gasteiger partial charge in [0.05, 0.1) is 18.3 Å². The largest absolute Gasteiger partial charge is 0.478 e. The molecular weight excluding hydrogens is 560 g/mol. The number of aromatic nitrogens is 4. The first-order valence-electron chi connectivity index (χ1n) is 11.6. The van der Waals surface area contributed by atoms with Crippen LogP contribution in [0.15, 0.2) is 16.7 Å². The van der Waals surface area contributed by atoms with Gasteiger partial charge in [0.15, 0.2) is 10.8 Å². The molecule has 2 fully saturated rings. The third kappa shape index (κ3) is 6.30. The van der Waals surface area contributed by atoms with E-state index in [0.717, 1.165) is 17.8 Å². The third-order valence-corrected chi connectivity index (χ3v) is 7.54. The fraction of sp³-hybridized carbons (Fsp3) is 0.526. The average Bonchev–Trinajstić information content (AvgIpc) is 3.33. The van der Waals surface area contributed by atoms with Gasteiger partial charge in [-0.3, -0.25) is 18.8 Å². The summed E-state index contributed by atoms with van der Waals surface area (Å²) in [5.41, 5.74) is 9.52. The van der Waals surface area contributed by atoms with Crippen molar-refractivity contribution in [3.8, 4) is 0 Å². The van der Waals surface area contributed by atoms with Gasteiger partial charge < -0.3 is 32.0 Å². The van der Waals surface area contributed by atoms with Crippen molar-refractivity contribution in [2.24, 2.45) is 10.9 Å². The molecule has 1 aliphatic heterocycles. The summed E-state index contributed by atoms with van der Waals surface area (Å²) >= 11 is 0.978. The molecule has 1 saturated heterocycles. The monoisotopic (exact) mass is 586 g/mol. The molecule has 4 rings (SSSR count). The van der Waals surface area contributed by atoms with Crippen molar-refractivity contribution >= 4 is 50.3 Å². The van der Waals surface area contributed by atoms with E-state index in [1.165, 1.54) is 16.3 Å². The predicted molar refractivity (Wildman–Crippen MR) is 133 cm³/mol. The van der Waals surface area contributed by atoms with E-state index in [2.05, 4.69) is 31.1 Å². The number of nitrogen functional groups attached to an aromatic ring is 1. The first kappa shape index (κ1) is 28.3. The Bertz CT molecular complexity index is 1390. The molecule has 2 aliphatic rings. The number of hydrogen-bond donors (Lipinski definition) is 6. The van der Waals surface area contributed by atoms with Crippen LogP contribution in [0.3, 0.4) is 0 Å². The number of anilines is 1. The lowest BCUT2D eigenvalue weighted by molar-refractivity contribution is -0.153. The Morgan fingerprint density at radius 1 is 1.36 bits per heavy atom. The van der Waals surface area contributed by atoms with Crippen LogP contribution in [-0.4, -0.2) is 96.6 Å². The second kappa shape index (κ2) is 11.2. The molecule has 1 saturated carbocycles. The van der Waals surface area contributed by atoms with Crippen molar-refractivity contribution in [2.45, 2.75) is 50.0 Å². The topological polar surface area (TPSA) is 270 Å². The third-order valence-electron chi connectivity index (χ3n) is 5.91. The van der Waals surface area contributed by atoms with Gasteiger partial charge in [-0.15, -0.1) is 16.4 Å². The zero-order chi connectivity index (χ0) is 28.4. The summed E-state index contributed by atoms with van der Waals surface area (Å²) in [5, 5.41) is 27.8. The number of carbonyl (C=O) groups is 3. The molecule has 1 aliphatic carbocycles. The van der Waals surface area contributed by atoms with Gasteiger partial charge in [0.2, 0.25) is 5.60 Å². The number of nitrogens with two attached hydrogens (primary N) is 2. The standard InChI is InChI=1S/C19H26N10O8S2/c20-4-1-5-22-6-10-7-28(27-25-10)8-12-14(16(31)29(12)39(34,35)36)24-15(30)13(11-9-38-18(21)23-11)26-37-19(2-3-19)17(32)33/h7,9,12,14,22H,1-6,8,20H2,(H2,21,23)(H,24,30)(H,32,33)(H,34,35,36)/t12-,14-/m0/s1. The van der Waals surface area contributed by atoms with E-state index in [0.29, 0.717) is 25.3 Å². The number of hydrogen-bond acceptors (Lipinski definition) is 14. The Hall–Kier alpha value is -3.72. The molecule has 0 bridgehead atoms. The van der Waals surface area contributed by atoms with Crippen molar-refractivity contribution in [3.63, 3.8) is 0 Å². The van der Waals surface area contributed by atoms with Crippen molar-refractivity contribution in [3.05, 3.63) is 23.0 Å². The molecule has 20 heteroatoms. The lowest BCUT2D eigenvalue weighted by atomic mass is 9.98. The van der Waals surface area contributed by atoms with Crippen molar-refractivity contribution in [1.29, 1.82) is 0 Å². The van der Waals surface area contributed by atoms with Crippen molar-refractivity contribution < 1.29 is 37.3 Å². The van der Waals surface area contributed by atoms with Gasteiger partial charge in [-0.05, 0) is 19.5 Å². The van der Waals surface area contributed by atoms with Crippen molar-refractivity contribution in [1.82, 2.24) is 34.9 Å². The van der Waals surface area contributed by atoms with Crippen LogP contribution in [0.25, 0.3) is 0 Å². The second-order valence-corrected chi connectivity index (χ2v) is 11.0. The lowest BCUT2D eigenvalue weighted by Gasteiger charge is -2.43. The Labute approximate surface area is 225 Å². The lowest BCUT2D eigenvalue weighted by Crippen LogP contribution is -2.73. The van der Waals surface area contributed by atoms with Crippen LogP contribution in [0.1, 0.15) is 30.7 Å². The number of carboxylic acid groups (broad SMARTS) is 1. The van der Waals surface area contributed by atoms with Crippen molar-refractivity contribution in [2.75, 3.05) is 18.8 Å². The quantitative estimate of drug-likeness (QED) is 0.0432. The maximum Gasteiger partial charge on any atom is 0.362 e. The highest BCUT2D eigenvalue weighted by molar-refractivity contribution is 7.84. The molecule has 0 unspecified atom stereocenters. The summed E-state index contributed by atoms with van der Waals surface area (Å²) in [7, 11) is -4.97. The maximum absolute atomic E-state index is 13.2. The Morgan fingerprint density at radius 2 is 2.10 bits per heavy atom. The SMILES string of the molecule is NCCCNCc1cn(C[C@H]2[C@H](NC(=O)C(=NOC3(C(=O)O)CC3)c3csc(N)n3)C(=O)N2S(=O)(=O)O)nn1. The zero-order valence-corrected chi connectivity index (χ0v) is 21.9. The maximum atomic E-state index is 13.2. The van der Waals surface area contributed by atoms with Crippen LogP contribution in [0.2, 0.25) is 0 Å². The summed E-state index contributed by atoms with van der Waals surface area (Å²) < 4.78 is 34.8. The molecule has 2 aromatic rings. The minimum absolute atomic E-state index is 0.0470. The second-order valence-electron chi connectivity index (χ2n) is 8.78. The summed E-state index contributed by atoms with van der Waals surface area (Å²) in [6, 6.07) is -2.70. The van der Waals surface area contributed by atoms with Crippen LogP contribution >= 0.6 is 11.3 Å². The Kier molecular flexibility index (Phi) is 8.11. The van der Waals surface area contributed by atoms with E-state index in [-0.39, 0.29) is 34.5 Å². The zero-order valence-electron chi connectivity index (χ0n) is 20.3. The number of aliphatic carboxylic acids is 1. The number of thiazole rings is 1. The van der Waals surface area contributed by atoms with Gasteiger partial charge in [0.25, 0.3) is 11.8 Å². The minimum Gasteiger partial charge on any atom is -0.478 e. The van der Waals surface area contributed by atoms with E-state index in [1.807, 2.05) is 0 Å². The summed E-state index contributed by atoms with van der Waals surface area (Å²) in [4.78, 5) is 46.4. The van der Waals surface area contributed by atoms with Gasteiger partial charge in [-0.1, -0.05) is 10.4 Å². The number of oxime groups is 1. The number of rotatable bonds is 14. The van der Waals surface area contributed by atoms with E-state index in [1.54, 1.807) is 0 Å². The van der Waals surface area contributed by atoms with Crippen LogP contribution < -0.4 is 22.1 Å². The van der Waals surface area contributed by atoms with E-state index in [9.17, 15) is 32.5 Å². The first-order valence-corrected chi connectivity index (χ1v) is 13.8. The highest BCUT2D eigenvalue weighted by atomic mass is 32.2. The molecule has 0 aromatic carbocycles. The average molecular weight is 587 g/mol. The molecule has 2 atom stereocenters.